The summed E-state index contributed by atoms with van der Waals surface area (Å²) in [6, 6.07) is 2.26. The molecule has 1 aliphatic rings. The molecule has 0 saturated heterocycles. The smallest absolute Gasteiger partial charge is 0.0628 e. The minimum Gasteiger partial charge on any atom is -0.308 e. The van der Waals surface area contributed by atoms with E-state index in [4.69, 9.17) is 5.26 Å². The van der Waals surface area contributed by atoms with Gasteiger partial charge in [0.1, 0.15) is 0 Å². The van der Waals surface area contributed by atoms with Gasteiger partial charge in [0.25, 0.3) is 0 Å². The number of rotatable bonds is 5. The number of nitrogens with one attached hydrogen (secondary N) is 1. The van der Waals surface area contributed by atoms with Gasteiger partial charge in [-0.3, -0.25) is 0 Å². The lowest BCUT2D eigenvalue weighted by Gasteiger charge is -2.35. The van der Waals surface area contributed by atoms with Crippen LogP contribution in [-0.4, -0.2) is 12.1 Å². The van der Waals surface area contributed by atoms with Crippen molar-refractivity contribution in [3.63, 3.8) is 0 Å². The molecule has 0 aromatic heterocycles. The SMILES string of the molecule is CCCCNC1(C)C=CC=CC1CC#N. The van der Waals surface area contributed by atoms with E-state index in [9.17, 15) is 0 Å². The number of nitriles is 1. The van der Waals surface area contributed by atoms with Gasteiger partial charge in [-0.05, 0) is 19.9 Å². The van der Waals surface area contributed by atoms with E-state index in [1.54, 1.807) is 0 Å². The van der Waals surface area contributed by atoms with E-state index >= 15 is 0 Å². The maximum atomic E-state index is 8.79. The molecule has 0 spiro atoms. The molecule has 0 fully saturated rings. The predicted octanol–water partition coefficient (Wildman–Crippen LogP) is 2.79. The zero-order valence-electron chi connectivity index (χ0n) is 9.66. The number of unbranched alkanes of at least 4 members (excludes halogenated alkanes) is 1. The van der Waals surface area contributed by atoms with E-state index in [1.807, 2.05) is 6.08 Å². The van der Waals surface area contributed by atoms with Crippen molar-refractivity contribution in [2.45, 2.75) is 38.6 Å². The third-order valence-corrected chi connectivity index (χ3v) is 3.01. The van der Waals surface area contributed by atoms with Crippen LogP contribution in [0.5, 0.6) is 0 Å². The van der Waals surface area contributed by atoms with E-state index in [1.165, 1.54) is 12.8 Å². The molecule has 0 aromatic rings. The van der Waals surface area contributed by atoms with Gasteiger partial charge in [0.15, 0.2) is 0 Å². The molecule has 82 valence electrons. The van der Waals surface area contributed by atoms with E-state index in [0.29, 0.717) is 12.3 Å². The monoisotopic (exact) mass is 204 g/mol. The first-order valence-corrected chi connectivity index (χ1v) is 5.71. The summed E-state index contributed by atoms with van der Waals surface area (Å²) in [6.45, 7) is 5.38. The Hall–Kier alpha value is -1.07. The van der Waals surface area contributed by atoms with Crippen LogP contribution in [-0.2, 0) is 0 Å². The van der Waals surface area contributed by atoms with Crippen LogP contribution in [0.15, 0.2) is 24.3 Å². The number of allylic oxidation sites excluding steroid dienone is 2. The average Bonchev–Trinajstić information content (AvgIpc) is 2.22. The summed E-state index contributed by atoms with van der Waals surface area (Å²) in [6.07, 6.45) is 11.4. The minimum absolute atomic E-state index is 0.0420. The van der Waals surface area contributed by atoms with Gasteiger partial charge in [-0.25, -0.2) is 0 Å². The highest BCUT2D eigenvalue weighted by atomic mass is 15.0. The Morgan fingerprint density at radius 1 is 1.47 bits per heavy atom. The molecular formula is C13H20N2. The lowest BCUT2D eigenvalue weighted by molar-refractivity contribution is 0.335. The first-order valence-electron chi connectivity index (χ1n) is 5.71. The molecule has 0 heterocycles. The fourth-order valence-corrected chi connectivity index (χ4v) is 1.88. The van der Waals surface area contributed by atoms with Crippen molar-refractivity contribution in [1.82, 2.24) is 5.32 Å². The Bertz CT molecular complexity index is 285. The van der Waals surface area contributed by atoms with Crippen molar-refractivity contribution in [3.05, 3.63) is 24.3 Å². The van der Waals surface area contributed by atoms with Crippen LogP contribution in [0.25, 0.3) is 0 Å². The Kier molecular flexibility index (Phi) is 4.58. The standard InChI is InChI=1S/C13H20N2/c1-3-4-11-15-13(2)9-6-5-7-12(13)8-10-14/h5-7,9,12,15H,3-4,8,11H2,1-2H3. The van der Waals surface area contributed by atoms with Gasteiger partial charge in [-0.2, -0.15) is 5.26 Å². The van der Waals surface area contributed by atoms with Gasteiger partial charge in [0.05, 0.1) is 6.07 Å². The van der Waals surface area contributed by atoms with Crippen molar-refractivity contribution < 1.29 is 0 Å². The van der Waals surface area contributed by atoms with Gasteiger partial charge in [-0.1, -0.05) is 37.6 Å². The highest BCUT2D eigenvalue weighted by Crippen LogP contribution is 2.26. The minimum atomic E-state index is -0.0420. The second-order valence-electron chi connectivity index (χ2n) is 4.28. The average molecular weight is 204 g/mol. The lowest BCUT2D eigenvalue weighted by Crippen LogP contribution is -2.47. The van der Waals surface area contributed by atoms with Crippen molar-refractivity contribution in [2.24, 2.45) is 5.92 Å². The van der Waals surface area contributed by atoms with E-state index in [-0.39, 0.29) is 5.54 Å². The molecule has 0 radical (unpaired) electrons. The molecule has 0 aliphatic heterocycles. The molecule has 2 atom stereocenters. The summed E-state index contributed by atoms with van der Waals surface area (Å²) < 4.78 is 0. The molecule has 0 saturated carbocycles. The van der Waals surface area contributed by atoms with Gasteiger partial charge < -0.3 is 5.32 Å². The summed E-state index contributed by atoms with van der Waals surface area (Å²) >= 11 is 0. The number of hydrogen-bond acceptors (Lipinski definition) is 2. The quantitative estimate of drug-likeness (QED) is 0.699. The maximum absolute atomic E-state index is 8.79. The van der Waals surface area contributed by atoms with Crippen LogP contribution >= 0.6 is 0 Å². The third kappa shape index (κ3) is 3.21. The Morgan fingerprint density at radius 2 is 2.27 bits per heavy atom. The first kappa shape index (κ1) is 12.0. The second kappa shape index (κ2) is 5.72. The molecule has 1 rings (SSSR count). The molecule has 2 unspecified atom stereocenters. The maximum Gasteiger partial charge on any atom is 0.0628 e. The van der Waals surface area contributed by atoms with Gasteiger partial charge in [-0.15, -0.1) is 0 Å². The van der Waals surface area contributed by atoms with Crippen LogP contribution in [0.1, 0.15) is 33.1 Å². The van der Waals surface area contributed by atoms with Crippen molar-refractivity contribution in [1.29, 1.82) is 5.26 Å². The summed E-state index contributed by atoms with van der Waals surface area (Å²) in [5.74, 6) is 0.296. The van der Waals surface area contributed by atoms with Crippen LogP contribution in [0.2, 0.25) is 0 Å². The molecular weight excluding hydrogens is 184 g/mol. The molecule has 0 amide bonds. The van der Waals surface area contributed by atoms with Crippen LogP contribution in [0.3, 0.4) is 0 Å². The van der Waals surface area contributed by atoms with Crippen molar-refractivity contribution >= 4 is 0 Å². The highest BCUT2D eigenvalue weighted by Gasteiger charge is 2.30. The topological polar surface area (TPSA) is 35.8 Å². The molecule has 0 aromatic carbocycles. The zero-order chi connectivity index (χ0) is 11.1. The van der Waals surface area contributed by atoms with Gasteiger partial charge in [0.2, 0.25) is 0 Å². The third-order valence-electron chi connectivity index (χ3n) is 3.01. The summed E-state index contributed by atoms with van der Waals surface area (Å²) in [5.41, 5.74) is -0.0420. The summed E-state index contributed by atoms with van der Waals surface area (Å²) in [4.78, 5) is 0. The highest BCUT2D eigenvalue weighted by molar-refractivity contribution is 5.24. The van der Waals surface area contributed by atoms with Gasteiger partial charge >= 0.3 is 0 Å². The van der Waals surface area contributed by atoms with E-state index in [2.05, 4.69) is 43.5 Å². The normalized spacial score (nSPS) is 29.0. The fraction of sp³-hybridized carbons (Fsp3) is 0.615. The van der Waals surface area contributed by atoms with Crippen LogP contribution in [0, 0.1) is 17.2 Å². The van der Waals surface area contributed by atoms with Crippen LogP contribution in [0.4, 0.5) is 0 Å². The molecule has 1 aliphatic carbocycles. The van der Waals surface area contributed by atoms with Crippen molar-refractivity contribution in [3.8, 4) is 6.07 Å². The Balaban J connectivity index is 2.58. The molecule has 2 heteroatoms. The van der Waals surface area contributed by atoms with Gasteiger partial charge in [0, 0.05) is 17.9 Å². The molecule has 1 N–H and O–H groups in total. The summed E-state index contributed by atoms with van der Waals surface area (Å²) in [7, 11) is 0. The zero-order valence-corrected chi connectivity index (χ0v) is 9.66. The Labute approximate surface area is 92.7 Å². The van der Waals surface area contributed by atoms with Crippen molar-refractivity contribution in [2.75, 3.05) is 6.54 Å². The molecule has 0 bridgehead atoms. The van der Waals surface area contributed by atoms with E-state index < -0.39 is 0 Å². The fourth-order valence-electron chi connectivity index (χ4n) is 1.88. The second-order valence-corrected chi connectivity index (χ2v) is 4.28. The molecule has 2 nitrogen and oxygen atoms in total. The van der Waals surface area contributed by atoms with E-state index in [0.717, 1.165) is 6.54 Å². The molecule has 15 heavy (non-hydrogen) atoms. The largest absolute Gasteiger partial charge is 0.308 e. The Morgan fingerprint density at radius 3 is 2.93 bits per heavy atom. The number of hydrogen-bond donors (Lipinski definition) is 1. The number of nitrogens with zero attached hydrogens (tertiary/aromatic N) is 1. The first-order chi connectivity index (χ1) is 7.23. The van der Waals surface area contributed by atoms with Crippen LogP contribution < -0.4 is 5.32 Å². The predicted molar refractivity (Wildman–Crippen MR) is 63.3 cm³/mol. The summed E-state index contributed by atoms with van der Waals surface area (Å²) in [5, 5.41) is 12.3. The lowest BCUT2D eigenvalue weighted by atomic mass is 9.80.